The summed E-state index contributed by atoms with van der Waals surface area (Å²) in [7, 11) is 0. The molecule has 1 fully saturated rings. The minimum Gasteiger partial charge on any atom is -0.261 e. The molecule has 0 unspecified atom stereocenters. The van der Waals surface area contributed by atoms with Gasteiger partial charge in [0.15, 0.2) is 0 Å². The summed E-state index contributed by atoms with van der Waals surface area (Å²) in [5.41, 5.74) is 2.59. The van der Waals surface area contributed by atoms with E-state index < -0.39 is 0 Å². The Balaban J connectivity index is 1.84. The van der Waals surface area contributed by atoms with Crippen LogP contribution in [0.25, 0.3) is 0 Å². The zero-order valence-electron chi connectivity index (χ0n) is 11.3. The number of hydrogen-bond acceptors (Lipinski definition) is 1. The maximum Gasteiger partial charge on any atom is 0.0434 e. The minimum absolute atomic E-state index is 0.730. The van der Waals surface area contributed by atoms with Crippen LogP contribution in [0, 0.1) is 12.8 Å². The molecule has 1 nitrogen and oxygen atoms in total. The van der Waals surface area contributed by atoms with Crippen LogP contribution in [0.3, 0.4) is 0 Å². The van der Waals surface area contributed by atoms with Crippen LogP contribution in [0.1, 0.15) is 69.0 Å². The van der Waals surface area contributed by atoms with Crippen LogP contribution in [-0.2, 0) is 0 Å². The van der Waals surface area contributed by atoms with Gasteiger partial charge in [0, 0.05) is 17.8 Å². The quantitative estimate of drug-likeness (QED) is 0.721. The number of hydrogen-bond donors (Lipinski definition) is 0. The molecule has 1 aliphatic carbocycles. The third kappa shape index (κ3) is 3.55. The molecule has 1 aromatic heterocycles. The summed E-state index contributed by atoms with van der Waals surface area (Å²) in [5.74, 6) is 1.73. The van der Waals surface area contributed by atoms with Gasteiger partial charge < -0.3 is 0 Å². The Hall–Kier alpha value is -0.850. The number of rotatable bonds is 4. The SMILES string of the molecule is CCCCC1CCC(c2ccc(C)cn2)CC1. The van der Waals surface area contributed by atoms with E-state index in [2.05, 4.69) is 31.0 Å². The second-order valence-corrected chi connectivity index (χ2v) is 5.62. The highest BCUT2D eigenvalue weighted by atomic mass is 14.7. The summed E-state index contributed by atoms with van der Waals surface area (Å²) < 4.78 is 0. The predicted molar refractivity (Wildman–Crippen MR) is 73.2 cm³/mol. The molecule has 0 aromatic carbocycles. The topological polar surface area (TPSA) is 12.9 Å². The number of aryl methyl sites for hydroxylation is 1. The summed E-state index contributed by atoms with van der Waals surface area (Å²) in [6.45, 7) is 4.40. The smallest absolute Gasteiger partial charge is 0.0434 e. The second kappa shape index (κ2) is 6.18. The molecular formula is C16H25N. The van der Waals surface area contributed by atoms with Crippen LogP contribution in [0.4, 0.5) is 0 Å². The Labute approximate surface area is 106 Å². The molecule has 0 amide bonds. The lowest BCUT2D eigenvalue weighted by molar-refractivity contribution is 0.301. The Bertz CT molecular complexity index is 320. The van der Waals surface area contributed by atoms with Crippen LogP contribution in [0.2, 0.25) is 0 Å². The van der Waals surface area contributed by atoms with Crippen molar-refractivity contribution in [3.05, 3.63) is 29.6 Å². The first-order chi connectivity index (χ1) is 8.29. The van der Waals surface area contributed by atoms with Crippen LogP contribution in [0.5, 0.6) is 0 Å². The van der Waals surface area contributed by atoms with Gasteiger partial charge in [-0.1, -0.05) is 32.3 Å². The molecule has 1 heteroatoms. The molecule has 0 bridgehead atoms. The van der Waals surface area contributed by atoms with E-state index in [1.165, 1.54) is 56.2 Å². The van der Waals surface area contributed by atoms with Gasteiger partial charge in [0.2, 0.25) is 0 Å². The minimum atomic E-state index is 0.730. The summed E-state index contributed by atoms with van der Waals surface area (Å²) >= 11 is 0. The van der Waals surface area contributed by atoms with Gasteiger partial charge in [0.25, 0.3) is 0 Å². The van der Waals surface area contributed by atoms with Gasteiger partial charge in [-0.05, 0) is 50.2 Å². The van der Waals surface area contributed by atoms with Gasteiger partial charge in [-0.25, -0.2) is 0 Å². The van der Waals surface area contributed by atoms with E-state index in [0.717, 1.165) is 11.8 Å². The zero-order chi connectivity index (χ0) is 12.1. The van der Waals surface area contributed by atoms with Gasteiger partial charge in [-0.3, -0.25) is 4.98 Å². The lowest BCUT2D eigenvalue weighted by atomic mass is 9.78. The van der Waals surface area contributed by atoms with E-state index in [0.29, 0.717) is 0 Å². The largest absolute Gasteiger partial charge is 0.261 e. The predicted octanol–water partition coefficient (Wildman–Crippen LogP) is 4.85. The van der Waals surface area contributed by atoms with Crippen molar-refractivity contribution in [2.24, 2.45) is 5.92 Å². The number of unbranched alkanes of at least 4 members (excludes halogenated alkanes) is 1. The molecule has 94 valence electrons. The second-order valence-electron chi connectivity index (χ2n) is 5.62. The molecule has 1 aromatic rings. The Morgan fingerprint density at radius 2 is 1.94 bits per heavy atom. The Kier molecular flexibility index (Phi) is 4.58. The fraction of sp³-hybridized carbons (Fsp3) is 0.688. The van der Waals surface area contributed by atoms with E-state index in [9.17, 15) is 0 Å². The Morgan fingerprint density at radius 1 is 1.18 bits per heavy atom. The van der Waals surface area contributed by atoms with E-state index in [1.54, 1.807) is 0 Å². The van der Waals surface area contributed by atoms with Crippen molar-refractivity contribution in [1.29, 1.82) is 0 Å². The zero-order valence-corrected chi connectivity index (χ0v) is 11.3. The van der Waals surface area contributed by atoms with Crippen molar-refractivity contribution >= 4 is 0 Å². The first-order valence-electron chi connectivity index (χ1n) is 7.22. The van der Waals surface area contributed by atoms with Crippen LogP contribution in [0.15, 0.2) is 18.3 Å². The molecule has 17 heavy (non-hydrogen) atoms. The van der Waals surface area contributed by atoms with Crippen molar-refractivity contribution in [2.75, 3.05) is 0 Å². The molecule has 1 saturated carbocycles. The number of pyridine rings is 1. The van der Waals surface area contributed by atoms with Crippen molar-refractivity contribution in [1.82, 2.24) is 4.98 Å². The normalized spacial score (nSPS) is 24.8. The van der Waals surface area contributed by atoms with Crippen molar-refractivity contribution in [3.63, 3.8) is 0 Å². The maximum atomic E-state index is 4.59. The fourth-order valence-electron chi connectivity index (χ4n) is 2.96. The summed E-state index contributed by atoms with van der Waals surface area (Å²) in [6.07, 6.45) is 11.8. The lowest BCUT2D eigenvalue weighted by Crippen LogP contribution is -2.14. The van der Waals surface area contributed by atoms with Gasteiger partial charge in [-0.15, -0.1) is 0 Å². The molecule has 2 rings (SSSR count). The maximum absolute atomic E-state index is 4.59. The molecular weight excluding hydrogens is 206 g/mol. The Morgan fingerprint density at radius 3 is 2.53 bits per heavy atom. The summed E-state index contributed by atoms with van der Waals surface area (Å²) in [6, 6.07) is 4.43. The van der Waals surface area contributed by atoms with E-state index >= 15 is 0 Å². The van der Waals surface area contributed by atoms with Crippen molar-refractivity contribution in [3.8, 4) is 0 Å². The standard InChI is InChI=1S/C16H25N/c1-3-4-5-14-7-9-15(10-8-14)16-11-6-13(2)12-17-16/h6,11-12,14-15H,3-5,7-10H2,1-2H3. The lowest BCUT2D eigenvalue weighted by Gasteiger charge is -2.28. The molecule has 0 spiro atoms. The van der Waals surface area contributed by atoms with E-state index in [4.69, 9.17) is 0 Å². The van der Waals surface area contributed by atoms with E-state index in [1.807, 2.05) is 6.20 Å². The first-order valence-corrected chi connectivity index (χ1v) is 7.22. The average Bonchev–Trinajstić information content (AvgIpc) is 2.38. The van der Waals surface area contributed by atoms with Crippen molar-refractivity contribution < 1.29 is 0 Å². The van der Waals surface area contributed by atoms with Crippen molar-refractivity contribution in [2.45, 2.75) is 64.7 Å². The van der Waals surface area contributed by atoms with Gasteiger partial charge in [0.1, 0.15) is 0 Å². The van der Waals surface area contributed by atoms with Gasteiger partial charge >= 0.3 is 0 Å². The monoisotopic (exact) mass is 231 g/mol. The van der Waals surface area contributed by atoms with Crippen LogP contribution in [-0.4, -0.2) is 4.98 Å². The van der Waals surface area contributed by atoms with E-state index in [-0.39, 0.29) is 0 Å². The molecule has 0 saturated heterocycles. The molecule has 0 radical (unpaired) electrons. The molecule has 1 heterocycles. The fourth-order valence-corrected chi connectivity index (χ4v) is 2.96. The highest BCUT2D eigenvalue weighted by molar-refractivity contribution is 5.16. The average molecular weight is 231 g/mol. The third-order valence-corrected chi connectivity index (χ3v) is 4.17. The molecule has 0 N–H and O–H groups in total. The number of aromatic nitrogens is 1. The first kappa shape index (κ1) is 12.6. The van der Waals surface area contributed by atoms with Crippen LogP contribution >= 0.6 is 0 Å². The molecule has 0 aliphatic heterocycles. The third-order valence-electron chi connectivity index (χ3n) is 4.17. The van der Waals surface area contributed by atoms with Crippen LogP contribution < -0.4 is 0 Å². The van der Waals surface area contributed by atoms with Gasteiger partial charge in [-0.2, -0.15) is 0 Å². The molecule has 1 aliphatic rings. The summed E-state index contributed by atoms with van der Waals surface area (Å²) in [4.78, 5) is 4.59. The molecule has 0 atom stereocenters. The summed E-state index contributed by atoms with van der Waals surface area (Å²) in [5, 5.41) is 0. The van der Waals surface area contributed by atoms with Gasteiger partial charge in [0.05, 0.1) is 0 Å². The highest BCUT2D eigenvalue weighted by Gasteiger charge is 2.22. The highest BCUT2D eigenvalue weighted by Crippen LogP contribution is 2.36. The number of nitrogens with zero attached hydrogens (tertiary/aromatic N) is 1.